The zero-order valence-corrected chi connectivity index (χ0v) is 13.8. The van der Waals surface area contributed by atoms with E-state index in [4.69, 9.17) is 0 Å². The summed E-state index contributed by atoms with van der Waals surface area (Å²) in [6.07, 6.45) is 0.269. The van der Waals surface area contributed by atoms with Crippen LogP contribution in [0.1, 0.15) is 24.8 Å². The van der Waals surface area contributed by atoms with Crippen LogP contribution in [0.2, 0.25) is 0 Å². The van der Waals surface area contributed by atoms with E-state index in [0.717, 1.165) is 10.0 Å². The molecule has 0 aliphatic carbocycles. The molecule has 1 aliphatic rings. The van der Waals surface area contributed by atoms with E-state index in [1.54, 1.807) is 12.1 Å². The molecule has 22 heavy (non-hydrogen) atoms. The van der Waals surface area contributed by atoms with Gasteiger partial charge in [0.25, 0.3) is 0 Å². The maximum absolute atomic E-state index is 12.7. The van der Waals surface area contributed by atoms with E-state index in [0.29, 0.717) is 5.69 Å². The third-order valence-electron chi connectivity index (χ3n) is 4.20. The molecule has 0 aromatic heterocycles. The zero-order valence-electron chi connectivity index (χ0n) is 12.2. The second-order valence-corrected chi connectivity index (χ2v) is 6.47. The highest BCUT2D eigenvalue weighted by molar-refractivity contribution is 9.10. The van der Waals surface area contributed by atoms with Gasteiger partial charge in [-0.2, -0.15) is 0 Å². The first kappa shape index (κ1) is 15.0. The number of amides is 2. The molecule has 1 heterocycles. The molecule has 0 N–H and O–H groups in total. The molecule has 2 aromatic carbocycles. The number of carbonyl (C=O) groups excluding carboxylic acids is 2. The van der Waals surface area contributed by atoms with Crippen molar-refractivity contribution in [3.8, 4) is 0 Å². The van der Waals surface area contributed by atoms with Crippen LogP contribution >= 0.6 is 15.9 Å². The Bertz CT molecular complexity index is 697. The lowest BCUT2D eigenvalue weighted by molar-refractivity contribution is -0.122. The van der Waals surface area contributed by atoms with Crippen molar-refractivity contribution in [3.63, 3.8) is 0 Å². The topological polar surface area (TPSA) is 37.4 Å². The molecule has 0 bridgehead atoms. The van der Waals surface area contributed by atoms with Crippen molar-refractivity contribution >= 4 is 33.4 Å². The van der Waals surface area contributed by atoms with E-state index < -0.39 is 0 Å². The number of carbonyl (C=O) groups is 2. The Labute approximate surface area is 138 Å². The van der Waals surface area contributed by atoms with Gasteiger partial charge in [-0.3, -0.25) is 14.5 Å². The molecule has 0 spiro atoms. The Kier molecular flexibility index (Phi) is 4.12. The van der Waals surface area contributed by atoms with Crippen LogP contribution in [0, 0.1) is 5.92 Å². The van der Waals surface area contributed by atoms with Crippen molar-refractivity contribution < 1.29 is 9.59 Å². The number of halogens is 1. The molecule has 2 amide bonds. The van der Waals surface area contributed by atoms with Crippen molar-refractivity contribution in [1.82, 2.24) is 0 Å². The van der Waals surface area contributed by atoms with Gasteiger partial charge in [0.2, 0.25) is 11.8 Å². The van der Waals surface area contributed by atoms with Gasteiger partial charge in [-0.25, -0.2) is 0 Å². The molecule has 2 aromatic rings. The van der Waals surface area contributed by atoms with E-state index in [9.17, 15) is 9.59 Å². The summed E-state index contributed by atoms with van der Waals surface area (Å²) >= 11 is 3.36. The first-order valence-electron chi connectivity index (χ1n) is 7.25. The molecular formula is C18H16BrNO2. The minimum absolute atomic E-state index is 0.0260. The lowest BCUT2D eigenvalue weighted by atomic mass is 9.86. The Hall–Kier alpha value is -1.94. The van der Waals surface area contributed by atoms with E-state index in [-0.39, 0.29) is 30.1 Å². The fraction of sp³-hybridized carbons (Fsp3) is 0.222. The summed E-state index contributed by atoms with van der Waals surface area (Å²) in [7, 11) is 0. The van der Waals surface area contributed by atoms with Gasteiger partial charge in [-0.05, 0) is 35.7 Å². The van der Waals surface area contributed by atoms with Crippen LogP contribution in [0.5, 0.6) is 0 Å². The quantitative estimate of drug-likeness (QED) is 0.774. The smallest absolute Gasteiger partial charge is 0.237 e. The van der Waals surface area contributed by atoms with Crippen LogP contribution in [-0.4, -0.2) is 11.8 Å². The first-order chi connectivity index (χ1) is 10.6. The highest BCUT2D eigenvalue weighted by Crippen LogP contribution is 2.35. The highest BCUT2D eigenvalue weighted by atomic mass is 79.9. The van der Waals surface area contributed by atoms with E-state index in [1.807, 2.05) is 49.4 Å². The summed E-state index contributed by atoms with van der Waals surface area (Å²) in [5.41, 5.74) is 1.73. The molecule has 1 aliphatic heterocycles. The second-order valence-electron chi connectivity index (χ2n) is 5.55. The summed E-state index contributed by atoms with van der Waals surface area (Å²) in [5.74, 6) is -0.500. The lowest BCUT2D eigenvalue weighted by Gasteiger charge is -2.19. The standard InChI is InChI=1S/C18H16BrNO2/c1-12(13-5-3-2-4-6-13)16-11-17(21)20(18(16)22)15-9-7-14(19)8-10-15/h2-10,12,16H,11H2,1H3/t12-,16+/m0/s1. The summed E-state index contributed by atoms with van der Waals surface area (Å²) in [6.45, 7) is 2.01. The third kappa shape index (κ3) is 2.71. The summed E-state index contributed by atoms with van der Waals surface area (Å²) < 4.78 is 0.921. The van der Waals surface area contributed by atoms with Crippen molar-refractivity contribution in [2.75, 3.05) is 4.90 Å². The monoisotopic (exact) mass is 357 g/mol. The highest BCUT2D eigenvalue weighted by Gasteiger charge is 2.42. The molecule has 1 fully saturated rings. The maximum atomic E-state index is 12.7. The van der Waals surface area contributed by atoms with Crippen LogP contribution in [0.25, 0.3) is 0 Å². The average molecular weight is 358 g/mol. The van der Waals surface area contributed by atoms with Gasteiger partial charge in [0, 0.05) is 10.9 Å². The second kappa shape index (κ2) is 6.05. The Morgan fingerprint density at radius 1 is 1.05 bits per heavy atom. The first-order valence-corrected chi connectivity index (χ1v) is 8.04. The summed E-state index contributed by atoms with van der Waals surface area (Å²) in [5, 5.41) is 0. The molecule has 0 unspecified atom stereocenters. The number of hydrogen-bond acceptors (Lipinski definition) is 2. The van der Waals surface area contributed by atoms with Crippen LogP contribution in [0.3, 0.4) is 0 Å². The van der Waals surface area contributed by atoms with Gasteiger partial charge in [0.1, 0.15) is 0 Å². The van der Waals surface area contributed by atoms with Crippen molar-refractivity contribution in [2.24, 2.45) is 5.92 Å². The molecular weight excluding hydrogens is 342 g/mol. The molecule has 0 saturated carbocycles. The summed E-state index contributed by atoms with van der Waals surface area (Å²) in [6, 6.07) is 17.1. The van der Waals surface area contributed by atoms with Gasteiger partial charge >= 0.3 is 0 Å². The number of benzene rings is 2. The molecule has 4 heteroatoms. The Morgan fingerprint density at radius 2 is 1.68 bits per heavy atom. The van der Waals surface area contributed by atoms with Crippen molar-refractivity contribution in [2.45, 2.75) is 19.3 Å². The fourth-order valence-corrected chi connectivity index (χ4v) is 3.16. The van der Waals surface area contributed by atoms with Gasteiger partial charge in [0.05, 0.1) is 11.6 Å². The largest absolute Gasteiger partial charge is 0.274 e. The average Bonchev–Trinajstić information content (AvgIpc) is 2.83. The number of anilines is 1. The molecule has 112 valence electrons. The summed E-state index contributed by atoms with van der Waals surface area (Å²) in [4.78, 5) is 26.3. The SMILES string of the molecule is C[C@@H](c1ccccc1)[C@H]1CC(=O)N(c2ccc(Br)cc2)C1=O. The number of imide groups is 1. The van der Waals surface area contributed by atoms with Crippen LogP contribution in [-0.2, 0) is 9.59 Å². The van der Waals surface area contributed by atoms with Crippen molar-refractivity contribution in [3.05, 3.63) is 64.6 Å². The molecule has 0 radical (unpaired) electrons. The Balaban J connectivity index is 1.87. The van der Waals surface area contributed by atoms with E-state index in [1.165, 1.54) is 4.90 Å². The lowest BCUT2D eigenvalue weighted by Crippen LogP contribution is -2.31. The predicted molar refractivity (Wildman–Crippen MR) is 89.6 cm³/mol. The molecule has 3 nitrogen and oxygen atoms in total. The number of rotatable bonds is 3. The number of nitrogens with zero attached hydrogens (tertiary/aromatic N) is 1. The Morgan fingerprint density at radius 3 is 2.32 bits per heavy atom. The van der Waals surface area contributed by atoms with Gasteiger partial charge < -0.3 is 0 Å². The van der Waals surface area contributed by atoms with Crippen LogP contribution < -0.4 is 4.90 Å². The van der Waals surface area contributed by atoms with E-state index in [2.05, 4.69) is 15.9 Å². The molecule has 3 rings (SSSR count). The van der Waals surface area contributed by atoms with E-state index >= 15 is 0 Å². The normalized spacial score (nSPS) is 19.5. The fourth-order valence-electron chi connectivity index (χ4n) is 2.90. The number of hydrogen-bond donors (Lipinski definition) is 0. The van der Waals surface area contributed by atoms with Gasteiger partial charge in [-0.1, -0.05) is 53.2 Å². The van der Waals surface area contributed by atoms with Crippen LogP contribution in [0.15, 0.2) is 59.1 Å². The minimum Gasteiger partial charge on any atom is -0.274 e. The van der Waals surface area contributed by atoms with Gasteiger partial charge in [0.15, 0.2) is 0 Å². The molecule has 2 atom stereocenters. The van der Waals surface area contributed by atoms with Crippen molar-refractivity contribution in [1.29, 1.82) is 0 Å². The maximum Gasteiger partial charge on any atom is 0.237 e. The third-order valence-corrected chi connectivity index (χ3v) is 4.72. The predicted octanol–water partition coefficient (Wildman–Crippen LogP) is 4.13. The molecule has 1 saturated heterocycles. The minimum atomic E-state index is -0.293. The zero-order chi connectivity index (χ0) is 15.7. The van der Waals surface area contributed by atoms with Crippen LogP contribution in [0.4, 0.5) is 5.69 Å². The van der Waals surface area contributed by atoms with Gasteiger partial charge in [-0.15, -0.1) is 0 Å².